The zero-order chi connectivity index (χ0) is 20.3. The second-order valence-electron chi connectivity index (χ2n) is 7.09. The maximum Gasteiger partial charge on any atom is 0.273 e. The summed E-state index contributed by atoms with van der Waals surface area (Å²) in [5.41, 5.74) is 2.02. The van der Waals surface area contributed by atoms with Crippen molar-refractivity contribution in [3.63, 3.8) is 0 Å². The number of hydrogen-bond donors (Lipinski definition) is 1. The predicted octanol–water partition coefficient (Wildman–Crippen LogP) is 2.74. The van der Waals surface area contributed by atoms with Crippen LogP contribution in [0.2, 0.25) is 0 Å². The average Bonchev–Trinajstić information content (AvgIpc) is 3.50. The van der Waals surface area contributed by atoms with E-state index in [1.807, 2.05) is 30.3 Å². The minimum Gasteiger partial charge on any atom is -0.351 e. The minimum atomic E-state index is -3.35. The maximum absolute atomic E-state index is 12.7. The molecule has 1 aliphatic carbocycles. The Balaban J connectivity index is 1.40. The highest BCUT2D eigenvalue weighted by Gasteiger charge is 2.34. The number of aromatic nitrogens is 3. The fraction of sp³-hybridized carbons (Fsp3) is 0.286. The van der Waals surface area contributed by atoms with Gasteiger partial charge < -0.3 is 5.32 Å². The third-order valence-corrected chi connectivity index (χ3v) is 6.68. The first kappa shape index (κ1) is 19.3. The van der Waals surface area contributed by atoms with Gasteiger partial charge in [0.05, 0.1) is 22.0 Å². The molecule has 2 aromatic carbocycles. The monoisotopic (exact) mass is 410 g/mol. The van der Waals surface area contributed by atoms with E-state index in [4.69, 9.17) is 0 Å². The highest BCUT2D eigenvalue weighted by atomic mass is 32.2. The fourth-order valence-corrected chi connectivity index (χ4v) is 4.56. The molecule has 0 spiro atoms. The molecule has 0 saturated heterocycles. The van der Waals surface area contributed by atoms with Crippen LogP contribution in [-0.2, 0) is 9.84 Å². The Morgan fingerprint density at radius 3 is 2.34 bits per heavy atom. The molecule has 0 aliphatic heterocycles. The molecule has 1 amide bonds. The topological polar surface area (TPSA) is 93.9 Å². The SMILES string of the molecule is O=C(NCCCS(=O)(=O)c1ccccc1)c1nnn(-c2ccccc2)c1C1CC1. The highest BCUT2D eigenvalue weighted by Crippen LogP contribution is 2.41. The van der Waals surface area contributed by atoms with Crippen LogP contribution in [0.15, 0.2) is 65.6 Å². The molecule has 1 fully saturated rings. The molecule has 150 valence electrons. The molecular weight excluding hydrogens is 388 g/mol. The van der Waals surface area contributed by atoms with E-state index in [9.17, 15) is 13.2 Å². The summed E-state index contributed by atoms with van der Waals surface area (Å²) in [5.74, 6) is -0.0562. The first-order valence-corrected chi connectivity index (χ1v) is 11.3. The summed E-state index contributed by atoms with van der Waals surface area (Å²) >= 11 is 0. The van der Waals surface area contributed by atoms with Crippen molar-refractivity contribution in [3.8, 4) is 5.69 Å². The molecular formula is C21H22N4O3S. The van der Waals surface area contributed by atoms with Crippen molar-refractivity contribution in [1.82, 2.24) is 20.3 Å². The van der Waals surface area contributed by atoms with Crippen LogP contribution in [0.4, 0.5) is 0 Å². The number of sulfone groups is 1. The second kappa shape index (κ2) is 8.16. The Kier molecular flexibility index (Phi) is 5.44. The Morgan fingerprint density at radius 2 is 1.69 bits per heavy atom. The first-order valence-electron chi connectivity index (χ1n) is 9.63. The lowest BCUT2D eigenvalue weighted by atomic mass is 10.2. The van der Waals surface area contributed by atoms with Crippen LogP contribution in [0.25, 0.3) is 5.69 Å². The molecule has 0 unspecified atom stereocenters. The normalized spacial score (nSPS) is 13.9. The Morgan fingerprint density at radius 1 is 1.03 bits per heavy atom. The van der Waals surface area contributed by atoms with Crippen LogP contribution in [0.3, 0.4) is 0 Å². The van der Waals surface area contributed by atoms with Crippen LogP contribution >= 0.6 is 0 Å². The third-order valence-electron chi connectivity index (χ3n) is 4.86. The van der Waals surface area contributed by atoms with Crippen molar-refractivity contribution in [2.24, 2.45) is 0 Å². The molecule has 1 heterocycles. The van der Waals surface area contributed by atoms with Crippen molar-refractivity contribution >= 4 is 15.7 Å². The number of carbonyl (C=O) groups is 1. The molecule has 0 atom stereocenters. The van der Waals surface area contributed by atoms with Crippen LogP contribution in [-0.4, -0.2) is 41.6 Å². The Hall–Kier alpha value is -3.00. The Labute approximate surface area is 169 Å². The number of carbonyl (C=O) groups excluding carboxylic acids is 1. The molecule has 1 aliphatic rings. The van der Waals surface area contributed by atoms with Gasteiger partial charge in [0.1, 0.15) is 0 Å². The summed E-state index contributed by atoms with van der Waals surface area (Å²) in [7, 11) is -3.35. The van der Waals surface area contributed by atoms with Gasteiger partial charge in [0.25, 0.3) is 5.91 Å². The number of benzene rings is 2. The summed E-state index contributed by atoms with van der Waals surface area (Å²) in [5, 5.41) is 11.1. The van der Waals surface area contributed by atoms with Crippen LogP contribution in [0.1, 0.15) is 41.4 Å². The lowest BCUT2D eigenvalue weighted by Gasteiger charge is -2.08. The van der Waals surface area contributed by atoms with E-state index in [-0.39, 0.29) is 24.1 Å². The van der Waals surface area contributed by atoms with E-state index < -0.39 is 9.84 Å². The summed E-state index contributed by atoms with van der Waals surface area (Å²) < 4.78 is 26.4. The van der Waals surface area contributed by atoms with Crippen molar-refractivity contribution in [3.05, 3.63) is 72.1 Å². The quantitative estimate of drug-likeness (QED) is 0.576. The zero-order valence-corrected chi connectivity index (χ0v) is 16.7. The van der Waals surface area contributed by atoms with Crippen molar-refractivity contribution in [2.45, 2.75) is 30.1 Å². The van der Waals surface area contributed by atoms with Crippen LogP contribution in [0.5, 0.6) is 0 Å². The van der Waals surface area contributed by atoms with Crippen molar-refractivity contribution in [2.75, 3.05) is 12.3 Å². The summed E-state index contributed by atoms with van der Waals surface area (Å²) in [6.45, 7) is 0.257. The Bertz CT molecular complexity index is 1090. The molecule has 0 radical (unpaired) electrons. The number of hydrogen-bond acceptors (Lipinski definition) is 5. The molecule has 1 aromatic heterocycles. The van der Waals surface area contributed by atoms with E-state index in [0.717, 1.165) is 24.2 Å². The third kappa shape index (κ3) is 4.37. The van der Waals surface area contributed by atoms with E-state index in [0.29, 0.717) is 17.0 Å². The summed E-state index contributed by atoms with van der Waals surface area (Å²) in [4.78, 5) is 13.0. The number of nitrogens with one attached hydrogen (secondary N) is 1. The summed E-state index contributed by atoms with van der Waals surface area (Å²) in [6, 6.07) is 18.0. The fourth-order valence-electron chi connectivity index (χ4n) is 3.23. The van der Waals surface area contributed by atoms with E-state index in [1.54, 1.807) is 35.0 Å². The molecule has 29 heavy (non-hydrogen) atoms. The highest BCUT2D eigenvalue weighted by molar-refractivity contribution is 7.91. The van der Waals surface area contributed by atoms with Gasteiger partial charge in [-0.05, 0) is 43.5 Å². The lowest BCUT2D eigenvalue weighted by molar-refractivity contribution is 0.0947. The smallest absolute Gasteiger partial charge is 0.273 e. The minimum absolute atomic E-state index is 0.0243. The van der Waals surface area contributed by atoms with Gasteiger partial charge in [-0.1, -0.05) is 41.6 Å². The van der Waals surface area contributed by atoms with Crippen molar-refractivity contribution < 1.29 is 13.2 Å². The number of amides is 1. The van der Waals surface area contributed by atoms with Gasteiger partial charge in [0, 0.05) is 12.5 Å². The van der Waals surface area contributed by atoms with Crippen LogP contribution in [0, 0.1) is 0 Å². The molecule has 3 aromatic rings. The predicted molar refractivity (Wildman–Crippen MR) is 109 cm³/mol. The van der Waals surface area contributed by atoms with Gasteiger partial charge in [0.2, 0.25) is 0 Å². The van der Waals surface area contributed by atoms with Gasteiger partial charge in [-0.25, -0.2) is 13.1 Å². The van der Waals surface area contributed by atoms with E-state index >= 15 is 0 Å². The average molecular weight is 410 g/mol. The van der Waals surface area contributed by atoms with Gasteiger partial charge >= 0.3 is 0 Å². The van der Waals surface area contributed by atoms with Crippen LogP contribution < -0.4 is 5.32 Å². The number of nitrogens with zero attached hydrogens (tertiary/aromatic N) is 3. The molecule has 1 saturated carbocycles. The van der Waals surface area contributed by atoms with E-state index in [2.05, 4.69) is 15.6 Å². The number of para-hydroxylation sites is 1. The molecule has 0 bridgehead atoms. The van der Waals surface area contributed by atoms with Gasteiger partial charge in [-0.15, -0.1) is 5.10 Å². The standard InChI is InChI=1S/C21H22N4O3S/c26-21(22-14-7-15-29(27,28)18-10-5-2-6-11-18)19-20(16-12-13-16)25(24-23-19)17-8-3-1-4-9-17/h1-6,8-11,16H,7,12-15H2,(H,22,26). The molecule has 1 N–H and O–H groups in total. The zero-order valence-electron chi connectivity index (χ0n) is 15.9. The second-order valence-corrected chi connectivity index (χ2v) is 9.20. The van der Waals surface area contributed by atoms with Gasteiger partial charge in [-0.3, -0.25) is 4.79 Å². The molecule has 8 heteroatoms. The number of rotatable bonds is 8. The molecule has 7 nitrogen and oxygen atoms in total. The summed E-state index contributed by atoms with van der Waals surface area (Å²) in [6.07, 6.45) is 2.35. The lowest BCUT2D eigenvalue weighted by Crippen LogP contribution is -2.27. The van der Waals surface area contributed by atoms with Gasteiger partial charge in [-0.2, -0.15) is 0 Å². The van der Waals surface area contributed by atoms with Crippen molar-refractivity contribution in [1.29, 1.82) is 0 Å². The molecule has 4 rings (SSSR count). The van der Waals surface area contributed by atoms with E-state index in [1.165, 1.54) is 0 Å². The van der Waals surface area contributed by atoms with Gasteiger partial charge in [0.15, 0.2) is 15.5 Å². The maximum atomic E-state index is 12.7. The largest absolute Gasteiger partial charge is 0.351 e. The first-order chi connectivity index (χ1) is 14.1.